The van der Waals surface area contributed by atoms with Gasteiger partial charge in [-0.3, -0.25) is 9.69 Å². The van der Waals surface area contributed by atoms with Crippen LogP contribution in [0.4, 0.5) is 4.79 Å². The number of amides is 2. The van der Waals surface area contributed by atoms with Gasteiger partial charge in [-0.1, -0.05) is 39.7 Å². The molecule has 0 aliphatic carbocycles. The van der Waals surface area contributed by atoms with Crippen LogP contribution in [0.3, 0.4) is 0 Å². The summed E-state index contributed by atoms with van der Waals surface area (Å²) in [5.41, 5.74) is 0. The van der Waals surface area contributed by atoms with Gasteiger partial charge >= 0.3 is 6.09 Å². The molecule has 0 aliphatic heterocycles. The van der Waals surface area contributed by atoms with Crippen LogP contribution in [0.25, 0.3) is 0 Å². The quantitative estimate of drug-likeness (QED) is 0.204. The van der Waals surface area contributed by atoms with E-state index >= 15 is 0 Å². The molecular formula is C17H36BN3O4. The topological polar surface area (TPSA) is 102 Å². The summed E-state index contributed by atoms with van der Waals surface area (Å²) in [5, 5.41) is 24.0. The molecule has 25 heavy (non-hydrogen) atoms. The second kappa shape index (κ2) is 15.0. The van der Waals surface area contributed by atoms with Crippen molar-refractivity contribution in [2.45, 2.75) is 71.6 Å². The van der Waals surface area contributed by atoms with Crippen molar-refractivity contribution in [1.82, 2.24) is 15.5 Å². The number of nitrogens with zero attached hydrogens (tertiary/aromatic N) is 1. The summed E-state index contributed by atoms with van der Waals surface area (Å²) in [6.45, 7) is 9.21. The molecule has 0 saturated carbocycles. The summed E-state index contributed by atoms with van der Waals surface area (Å²) < 4.78 is 0. The third-order valence-corrected chi connectivity index (χ3v) is 4.24. The van der Waals surface area contributed by atoms with Gasteiger partial charge in [-0.15, -0.1) is 0 Å². The van der Waals surface area contributed by atoms with Crippen LogP contribution in [0.15, 0.2) is 0 Å². The van der Waals surface area contributed by atoms with Gasteiger partial charge in [0.25, 0.3) is 0 Å². The molecule has 4 N–H and O–H groups in total. The third-order valence-electron chi connectivity index (χ3n) is 4.24. The Balaban J connectivity index is 4.05. The van der Waals surface area contributed by atoms with E-state index in [1.165, 1.54) is 0 Å². The van der Waals surface area contributed by atoms with Gasteiger partial charge in [0, 0.05) is 32.5 Å². The number of carboxylic acid groups (broad SMARTS) is 1. The minimum absolute atomic E-state index is 0.116. The molecule has 1 unspecified atom stereocenters. The van der Waals surface area contributed by atoms with Crippen molar-refractivity contribution >= 4 is 18.7 Å². The van der Waals surface area contributed by atoms with E-state index in [1.807, 2.05) is 4.90 Å². The van der Waals surface area contributed by atoms with E-state index in [2.05, 4.69) is 31.3 Å². The van der Waals surface area contributed by atoms with Crippen molar-refractivity contribution in [3.05, 3.63) is 0 Å². The largest absolute Gasteiger partial charge is 0.465 e. The van der Waals surface area contributed by atoms with Gasteiger partial charge in [-0.25, -0.2) is 4.79 Å². The summed E-state index contributed by atoms with van der Waals surface area (Å²) in [6, 6.07) is 0. The molecule has 146 valence electrons. The Morgan fingerprint density at radius 3 is 2.40 bits per heavy atom. The lowest BCUT2D eigenvalue weighted by molar-refractivity contribution is -0.120. The standard InChI is InChI=1S/C17H36BN3O4/c1-4-6-11-19-15(22)7-9-18(3)10-14-21(13-5-2)16(23)8-12-20-17(24)25/h16,20,23H,4-14H2,1-3H3,(H,19,22)(H,24,25). The zero-order valence-electron chi connectivity index (χ0n) is 16.1. The van der Waals surface area contributed by atoms with Crippen molar-refractivity contribution < 1.29 is 19.8 Å². The molecule has 0 radical (unpaired) electrons. The first-order chi connectivity index (χ1) is 11.9. The summed E-state index contributed by atoms with van der Waals surface area (Å²) in [4.78, 5) is 24.2. The highest BCUT2D eigenvalue weighted by molar-refractivity contribution is 6.57. The molecule has 0 aromatic carbocycles. The fourth-order valence-electron chi connectivity index (χ4n) is 2.59. The molecule has 0 fully saturated rings. The van der Waals surface area contributed by atoms with Crippen molar-refractivity contribution in [2.24, 2.45) is 0 Å². The van der Waals surface area contributed by atoms with Crippen molar-refractivity contribution in [2.75, 3.05) is 26.2 Å². The zero-order chi connectivity index (χ0) is 19.1. The predicted octanol–water partition coefficient (Wildman–Crippen LogP) is 2.11. The maximum absolute atomic E-state index is 11.7. The molecule has 0 saturated heterocycles. The number of aliphatic hydroxyl groups excluding tert-OH is 1. The summed E-state index contributed by atoms with van der Waals surface area (Å²) >= 11 is 0. The number of carbonyl (C=O) groups excluding carboxylic acids is 1. The van der Waals surface area contributed by atoms with Gasteiger partial charge in [0.1, 0.15) is 12.9 Å². The van der Waals surface area contributed by atoms with Gasteiger partial charge in [-0.05, 0) is 19.4 Å². The smallest absolute Gasteiger partial charge is 0.404 e. The first kappa shape index (κ1) is 23.7. The van der Waals surface area contributed by atoms with E-state index in [9.17, 15) is 14.7 Å². The predicted molar refractivity (Wildman–Crippen MR) is 102 cm³/mol. The SMILES string of the molecule is CCCCNC(=O)CCB(C)CCN(CCC)C(O)CCNC(=O)O. The fraction of sp³-hybridized carbons (Fsp3) is 0.882. The fourth-order valence-corrected chi connectivity index (χ4v) is 2.59. The number of nitrogens with one attached hydrogen (secondary N) is 2. The molecule has 0 aromatic rings. The van der Waals surface area contributed by atoms with Crippen LogP contribution in [-0.4, -0.2) is 66.2 Å². The van der Waals surface area contributed by atoms with Crippen molar-refractivity contribution in [1.29, 1.82) is 0 Å². The average Bonchev–Trinajstić information content (AvgIpc) is 2.56. The van der Waals surface area contributed by atoms with E-state index in [-0.39, 0.29) is 12.5 Å². The summed E-state index contributed by atoms with van der Waals surface area (Å²) in [6.07, 6.45) is 3.98. The minimum Gasteiger partial charge on any atom is -0.465 e. The monoisotopic (exact) mass is 357 g/mol. The zero-order valence-corrected chi connectivity index (χ0v) is 16.1. The van der Waals surface area contributed by atoms with Crippen LogP contribution < -0.4 is 10.6 Å². The number of unbranched alkanes of at least 4 members (excludes halogenated alkanes) is 1. The third kappa shape index (κ3) is 13.7. The van der Waals surface area contributed by atoms with E-state index in [0.29, 0.717) is 19.6 Å². The summed E-state index contributed by atoms with van der Waals surface area (Å²) in [5.74, 6) is 0.116. The Morgan fingerprint density at radius 2 is 1.80 bits per heavy atom. The highest BCUT2D eigenvalue weighted by Gasteiger charge is 2.17. The molecule has 0 heterocycles. The van der Waals surface area contributed by atoms with E-state index in [1.54, 1.807) is 0 Å². The highest BCUT2D eigenvalue weighted by atomic mass is 16.4. The van der Waals surface area contributed by atoms with Gasteiger partial charge in [0.05, 0.1) is 0 Å². The molecule has 0 bridgehead atoms. The first-order valence-electron chi connectivity index (χ1n) is 9.56. The Hall–Kier alpha value is -1.28. The van der Waals surface area contributed by atoms with Crippen molar-refractivity contribution in [3.8, 4) is 0 Å². The Morgan fingerprint density at radius 1 is 1.08 bits per heavy atom. The Kier molecular flexibility index (Phi) is 14.3. The molecule has 7 nitrogen and oxygen atoms in total. The number of carbonyl (C=O) groups is 2. The second-order valence-corrected chi connectivity index (χ2v) is 6.67. The molecule has 0 spiro atoms. The lowest BCUT2D eigenvalue weighted by atomic mass is 9.46. The molecule has 0 aliphatic rings. The van der Waals surface area contributed by atoms with Gasteiger partial charge < -0.3 is 20.8 Å². The highest BCUT2D eigenvalue weighted by Crippen LogP contribution is 2.09. The molecule has 1 atom stereocenters. The number of hydrogen-bond donors (Lipinski definition) is 4. The number of hydrogen-bond acceptors (Lipinski definition) is 4. The molecule has 0 rings (SSSR count). The van der Waals surface area contributed by atoms with Gasteiger partial charge in [0.15, 0.2) is 0 Å². The second-order valence-electron chi connectivity index (χ2n) is 6.67. The van der Waals surface area contributed by atoms with Gasteiger partial charge in [-0.2, -0.15) is 0 Å². The first-order valence-corrected chi connectivity index (χ1v) is 9.56. The minimum atomic E-state index is -1.07. The molecule has 2 amide bonds. The van der Waals surface area contributed by atoms with Crippen LogP contribution in [0.2, 0.25) is 19.5 Å². The maximum Gasteiger partial charge on any atom is 0.404 e. The van der Waals surface area contributed by atoms with E-state index in [4.69, 9.17) is 5.11 Å². The lowest BCUT2D eigenvalue weighted by Gasteiger charge is -2.28. The number of rotatable bonds is 15. The lowest BCUT2D eigenvalue weighted by Crippen LogP contribution is -2.40. The van der Waals surface area contributed by atoms with E-state index < -0.39 is 12.3 Å². The van der Waals surface area contributed by atoms with Crippen LogP contribution in [-0.2, 0) is 4.79 Å². The molecular weight excluding hydrogens is 321 g/mol. The van der Waals surface area contributed by atoms with E-state index in [0.717, 1.165) is 51.5 Å². The normalized spacial score (nSPS) is 12.0. The molecule has 8 heteroatoms. The van der Waals surface area contributed by atoms with Crippen LogP contribution in [0.5, 0.6) is 0 Å². The van der Waals surface area contributed by atoms with Crippen LogP contribution in [0.1, 0.15) is 46.0 Å². The average molecular weight is 357 g/mol. The Bertz CT molecular complexity index is 372. The Labute approximate surface area is 152 Å². The maximum atomic E-state index is 11.7. The van der Waals surface area contributed by atoms with Crippen molar-refractivity contribution in [3.63, 3.8) is 0 Å². The van der Waals surface area contributed by atoms with Crippen LogP contribution >= 0.6 is 0 Å². The molecule has 0 aromatic heterocycles. The van der Waals surface area contributed by atoms with Gasteiger partial charge in [0.2, 0.25) is 5.91 Å². The number of aliphatic hydroxyl groups is 1. The summed E-state index contributed by atoms with van der Waals surface area (Å²) in [7, 11) is 0. The van der Waals surface area contributed by atoms with Crippen LogP contribution in [0, 0.1) is 0 Å².